The summed E-state index contributed by atoms with van der Waals surface area (Å²) < 4.78 is 68.4. The molecule has 0 atom stereocenters. The topological polar surface area (TPSA) is 177 Å². The number of hydrogen-bond donors (Lipinski definition) is 4. The maximum absolute atomic E-state index is 14.5. The van der Waals surface area contributed by atoms with Gasteiger partial charge in [0.1, 0.15) is 23.8 Å². The molecule has 0 unspecified atom stereocenters. The minimum Gasteiger partial charge on any atom is -0.355 e. The quantitative estimate of drug-likeness (QED) is 0.0850. The van der Waals surface area contributed by atoms with E-state index in [1.807, 2.05) is 182 Å². The van der Waals surface area contributed by atoms with E-state index in [9.17, 15) is 22.0 Å². The third-order valence-electron chi connectivity index (χ3n) is 17.4. The van der Waals surface area contributed by atoms with Crippen LogP contribution in [0.3, 0.4) is 0 Å². The molecule has 9 heterocycles. The molecule has 0 radical (unpaired) electrons. The summed E-state index contributed by atoms with van der Waals surface area (Å²) in [4.78, 5) is 44.0. The Morgan fingerprint density at radius 3 is 1.28 bits per heavy atom. The molecule has 0 spiro atoms. The highest BCUT2D eigenvalue weighted by Gasteiger charge is 2.31. The molecule has 0 bridgehead atoms. The van der Waals surface area contributed by atoms with Crippen LogP contribution in [-0.2, 0) is 6.18 Å². The molecule has 0 aliphatic rings. The number of fused-ring (bicyclic) bond motifs is 6. The lowest BCUT2D eigenvalue weighted by molar-refractivity contribution is -0.137. The van der Waals surface area contributed by atoms with Crippen LogP contribution in [0.15, 0.2) is 316 Å². The standard InChI is InChI=1S/C25H14ClF4N3.C23H14ClFN4.C20H14ClN3.C19H14N4/c26-15-6-8-19(27)18(12-15)24-13-23(16-3-1-2-4-20(16)32-24)33-21-9-10-31-22-11-14(25(28,29)30)5-7-17(21)22;24-14-9-10-18(25)17(11-14)22-12-21(15-5-1-4-8-20(15)28-22)29-23-16-6-2-3-7-19(16)26-13-27-23;21-15-5-3-4-14(12-15)19-13-20(23-16-8-10-22-11-9-16)17-6-1-2-7-18(17)24-19;1-2-6-16-15(5-1)18(22-14-8-11-20-12-9-14)13-19(23-16)17-7-3-4-10-21-17/h1-13H,(H,31,32,33);1-13H,(H,26,27,28,29);1-13H,(H,22,23,24);1-13H,(H,20,22,23). The summed E-state index contributed by atoms with van der Waals surface area (Å²) in [6, 6.07) is 81.6. The van der Waals surface area contributed by atoms with Crippen LogP contribution in [0.1, 0.15) is 5.56 Å². The Morgan fingerprint density at radius 2 is 0.743 bits per heavy atom. The van der Waals surface area contributed by atoms with Gasteiger partial charge in [0.15, 0.2) is 0 Å². The molecule has 0 fully saturated rings. The average molecular weight is 1500 g/mol. The van der Waals surface area contributed by atoms with E-state index in [0.29, 0.717) is 60.1 Å². The fourth-order valence-corrected chi connectivity index (χ4v) is 12.7. The van der Waals surface area contributed by atoms with Crippen LogP contribution in [0, 0.1) is 11.6 Å². The fourth-order valence-electron chi connectivity index (χ4n) is 12.2. The van der Waals surface area contributed by atoms with Crippen LogP contribution in [0.2, 0.25) is 15.1 Å². The largest absolute Gasteiger partial charge is 0.416 e. The van der Waals surface area contributed by atoms with E-state index < -0.39 is 17.6 Å². The fraction of sp³-hybridized carbons (Fsp3) is 0.0115. The normalized spacial score (nSPS) is 11.1. The second-order valence-corrected chi connectivity index (χ2v) is 25.9. The first kappa shape index (κ1) is 71.2. The maximum Gasteiger partial charge on any atom is 0.416 e. The summed E-state index contributed by atoms with van der Waals surface area (Å²) in [7, 11) is 0. The van der Waals surface area contributed by atoms with Crippen molar-refractivity contribution in [2.75, 3.05) is 21.3 Å². The number of nitrogens with one attached hydrogen (secondary N) is 4. The van der Waals surface area contributed by atoms with Crippen LogP contribution in [-0.4, -0.2) is 49.8 Å². The smallest absolute Gasteiger partial charge is 0.355 e. The van der Waals surface area contributed by atoms with Gasteiger partial charge in [-0.05, 0) is 164 Å². The van der Waals surface area contributed by atoms with Crippen LogP contribution in [0.5, 0.6) is 0 Å². The predicted molar refractivity (Wildman–Crippen MR) is 429 cm³/mol. The van der Waals surface area contributed by atoms with Gasteiger partial charge < -0.3 is 21.3 Å². The molecule has 0 aliphatic carbocycles. The zero-order valence-electron chi connectivity index (χ0n) is 57.0. The maximum atomic E-state index is 14.5. The van der Waals surface area contributed by atoms with Crippen LogP contribution in [0.4, 0.5) is 67.6 Å². The molecule has 18 rings (SSSR count). The number of hydrogen-bond acceptors (Lipinski definition) is 14. The molecular weight excluding hydrogens is 1440 g/mol. The van der Waals surface area contributed by atoms with E-state index >= 15 is 0 Å². The number of nitrogens with zero attached hydrogens (tertiary/aromatic N) is 10. The third kappa shape index (κ3) is 16.6. The number of rotatable bonds is 12. The molecule has 109 heavy (non-hydrogen) atoms. The first-order valence-electron chi connectivity index (χ1n) is 33.9. The zero-order valence-corrected chi connectivity index (χ0v) is 59.3. The van der Waals surface area contributed by atoms with Crippen molar-refractivity contribution in [1.29, 1.82) is 0 Å². The molecule has 4 N–H and O–H groups in total. The van der Waals surface area contributed by atoms with Crippen molar-refractivity contribution in [3.8, 4) is 45.2 Å². The van der Waals surface area contributed by atoms with Gasteiger partial charge in [-0.3, -0.25) is 19.9 Å². The van der Waals surface area contributed by atoms with Gasteiger partial charge in [-0.1, -0.05) is 144 Å². The van der Waals surface area contributed by atoms with E-state index in [0.717, 1.165) is 112 Å². The van der Waals surface area contributed by atoms with Gasteiger partial charge >= 0.3 is 6.18 Å². The summed E-state index contributed by atoms with van der Waals surface area (Å²) in [5.41, 5.74) is 14.5. The summed E-state index contributed by atoms with van der Waals surface area (Å²) >= 11 is 18.3. The van der Waals surface area contributed by atoms with Crippen molar-refractivity contribution in [2.45, 2.75) is 6.18 Å². The van der Waals surface area contributed by atoms with Gasteiger partial charge in [-0.15, -0.1) is 0 Å². The van der Waals surface area contributed by atoms with Crippen LogP contribution < -0.4 is 21.3 Å². The second kappa shape index (κ2) is 32.1. The Labute approximate surface area is 635 Å². The summed E-state index contributed by atoms with van der Waals surface area (Å²) in [6.45, 7) is 0. The Kier molecular flexibility index (Phi) is 21.0. The van der Waals surface area contributed by atoms with Gasteiger partial charge in [0.2, 0.25) is 0 Å². The van der Waals surface area contributed by atoms with Gasteiger partial charge in [0.05, 0.1) is 89.9 Å². The van der Waals surface area contributed by atoms with Crippen molar-refractivity contribution in [3.05, 3.63) is 349 Å². The number of halogens is 8. The summed E-state index contributed by atoms with van der Waals surface area (Å²) in [5, 5.41) is 20.3. The van der Waals surface area contributed by atoms with Gasteiger partial charge in [0.25, 0.3) is 0 Å². The van der Waals surface area contributed by atoms with E-state index in [-0.39, 0.29) is 16.9 Å². The summed E-state index contributed by atoms with van der Waals surface area (Å²) in [5.74, 6) is -0.178. The lowest BCUT2D eigenvalue weighted by atomic mass is 10.1. The third-order valence-corrected chi connectivity index (χ3v) is 18.1. The van der Waals surface area contributed by atoms with E-state index in [1.165, 1.54) is 48.9 Å². The average Bonchev–Trinajstić information content (AvgIpc) is 0.794. The van der Waals surface area contributed by atoms with E-state index in [2.05, 4.69) is 79.3 Å². The number of alkyl halides is 3. The Morgan fingerprint density at radius 1 is 0.284 bits per heavy atom. The predicted octanol–water partition coefficient (Wildman–Crippen LogP) is 24.5. The van der Waals surface area contributed by atoms with Crippen molar-refractivity contribution in [2.24, 2.45) is 0 Å². The molecule has 18 aromatic rings. The molecule has 530 valence electrons. The lowest BCUT2D eigenvalue weighted by Gasteiger charge is -2.15. The highest BCUT2D eigenvalue weighted by atomic mass is 35.5. The number of aromatic nitrogens is 10. The SMILES string of the molecule is Clc1cccc(-c2cc(Nc3ccncc3)c3ccccc3n2)c1.Fc1ccc(Cl)cc1-c1cc(Nc2ccnc3cc(C(F)(F)F)ccc23)c2ccccc2n1.Fc1ccc(Cl)cc1-c1cc(Nc2ncnc3ccccc23)c2ccccc2n1.c1ccc(-c2cc(Nc3ccncc3)c3ccccc3n2)nc1. The number of para-hydroxylation sites is 5. The van der Waals surface area contributed by atoms with Gasteiger partial charge in [-0.2, -0.15) is 13.2 Å². The number of anilines is 8. The van der Waals surface area contributed by atoms with Crippen molar-refractivity contribution >= 4 is 146 Å². The van der Waals surface area contributed by atoms with Crippen LogP contribution >= 0.6 is 34.8 Å². The second-order valence-electron chi connectivity index (χ2n) is 24.6. The van der Waals surface area contributed by atoms with Crippen LogP contribution in [0.25, 0.3) is 111 Å². The van der Waals surface area contributed by atoms with E-state index in [4.69, 9.17) is 44.8 Å². The van der Waals surface area contributed by atoms with Crippen molar-refractivity contribution in [1.82, 2.24) is 49.8 Å². The first-order valence-corrected chi connectivity index (χ1v) is 35.0. The molecule has 22 heteroatoms. The van der Waals surface area contributed by atoms with Gasteiger partial charge in [0, 0.05) is 118 Å². The molecule has 0 saturated carbocycles. The minimum atomic E-state index is -4.46. The molecular formula is C87H56Cl3F5N14. The number of benzene rings is 9. The Hall–Kier alpha value is -13.5. The molecule has 0 saturated heterocycles. The minimum absolute atomic E-state index is 0.203. The zero-order chi connectivity index (χ0) is 74.8. The Bertz CT molecular complexity index is 6350. The van der Waals surface area contributed by atoms with E-state index in [1.54, 1.807) is 55.2 Å². The molecule has 0 amide bonds. The highest BCUT2D eigenvalue weighted by molar-refractivity contribution is 6.31. The monoisotopic (exact) mass is 1500 g/mol. The molecule has 9 aromatic heterocycles. The lowest BCUT2D eigenvalue weighted by Crippen LogP contribution is -2.05. The number of pyridine rings is 8. The molecule has 14 nitrogen and oxygen atoms in total. The molecule has 0 aliphatic heterocycles. The summed E-state index contributed by atoms with van der Waals surface area (Å²) in [6.07, 6.45) is 7.35. The van der Waals surface area contributed by atoms with Crippen molar-refractivity contribution in [3.63, 3.8) is 0 Å². The van der Waals surface area contributed by atoms with Gasteiger partial charge in [-0.25, -0.2) is 38.7 Å². The molecule has 9 aromatic carbocycles. The first-order chi connectivity index (χ1) is 53.2. The van der Waals surface area contributed by atoms with Crippen molar-refractivity contribution < 1.29 is 22.0 Å². The highest BCUT2D eigenvalue weighted by Crippen LogP contribution is 2.40. The Balaban J connectivity index is 0.000000117.